The highest BCUT2D eigenvalue weighted by molar-refractivity contribution is 6.30. The molecule has 10 heteroatoms. The highest BCUT2D eigenvalue weighted by Gasteiger charge is 2.28. The van der Waals surface area contributed by atoms with Crippen LogP contribution >= 0.6 is 11.6 Å². The van der Waals surface area contributed by atoms with Gasteiger partial charge in [0, 0.05) is 23.3 Å². The first-order valence-electron chi connectivity index (χ1n) is 10.3. The second-order valence-corrected chi connectivity index (χ2v) is 8.24. The van der Waals surface area contributed by atoms with Crippen LogP contribution in [0.3, 0.4) is 0 Å². The minimum absolute atomic E-state index is 0.113. The molecule has 0 saturated carbocycles. The predicted molar refractivity (Wildman–Crippen MR) is 124 cm³/mol. The number of fused-ring (bicyclic) bond motifs is 1. The van der Waals surface area contributed by atoms with E-state index in [1.165, 1.54) is 17.1 Å². The molecule has 1 aliphatic heterocycles. The molecule has 0 saturated heterocycles. The lowest BCUT2D eigenvalue weighted by Gasteiger charge is -2.28. The molecule has 8 nitrogen and oxygen atoms in total. The third-order valence-electron chi connectivity index (χ3n) is 5.76. The van der Waals surface area contributed by atoms with Gasteiger partial charge in [0.15, 0.2) is 5.82 Å². The number of benzene rings is 2. The van der Waals surface area contributed by atoms with Crippen LogP contribution < -0.4 is 10.6 Å². The molecule has 1 aliphatic rings. The number of ether oxygens (including phenoxy) is 1. The molecule has 2 aromatic heterocycles. The number of nitrogens with two attached hydrogens (primary N) is 1. The van der Waals surface area contributed by atoms with Gasteiger partial charge < -0.3 is 15.4 Å². The van der Waals surface area contributed by atoms with Gasteiger partial charge in [0.2, 0.25) is 5.95 Å². The van der Waals surface area contributed by atoms with Gasteiger partial charge in [0.1, 0.15) is 23.7 Å². The van der Waals surface area contributed by atoms with Crippen LogP contribution in [0.15, 0.2) is 48.8 Å². The molecule has 0 spiro atoms. The van der Waals surface area contributed by atoms with Crippen LogP contribution in [0.25, 0.3) is 5.69 Å². The first-order valence-corrected chi connectivity index (χ1v) is 10.7. The molecule has 1 atom stereocenters. The molecule has 4 aromatic rings. The highest BCUT2D eigenvalue weighted by atomic mass is 35.5. The van der Waals surface area contributed by atoms with Gasteiger partial charge in [0.05, 0.1) is 24.8 Å². The van der Waals surface area contributed by atoms with Crippen LogP contribution in [-0.4, -0.2) is 38.4 Å². The van der Waals surface area contributed by atoms with Gasteiger partial charge in [-0.3, -0.25) is 0 Å². The summed E-state index contributed by atoms with van der Waals surface area (Å²) in [5, 5.41) is 4.73. The van der Waals surface area contributed by atoms with Crippen molar-refractivity contribution in [1.29, 1.82) is 0 Å². The quantitative estimate of drug-likeness (QED) is 0.483. The minimum atomic E-state index is -0.439. The Morgan fingerprint density at radius 3 is 2.67 bits per heavy atom. The van der Waals surface area contributed by atoms with Crippen LogP contribution in [0.2, 0.25) is 5.02 Å². The fourth-order valence-corrected chi connectivity index (χ4v) is 4.05. The van der Waals surface area contributed by atoms with E-state index in [0.717, 1.165) is 16.8 Å². The van der Waals surface area contributed by atoms with Crippen LogP contribution in [-0.2, 0) is 11.3 Å². The topological polar surface area (TPSA) is 95.0 Å². The molecule has 0 bridgehead atoms. The average molecular weight is 466 g/mol. The SMILES string of the molecule is Cc1ncnn1-c1ccc(N(C)c2nc(N)c3c(n2)C(c2ccc(Cl)cc2)COC3)cc1F. The maximum Gasteiger partial charge on any atom is 0.231 e. The lowest BCUT2D eigenvalue weighted by Crippen LogP contribution is -2.24. The number of nitrogens with zero attached hydrogens (tertiary/aromatic N) is 6. The van der Waals surface area contributed by atoms with Crippen molar-refractivity contribution in [2.75, 3.05) is 24.3 Å². The van der Waals surface area contributed by atoms with Crippen molar-refractivity contribution in [2.24, 2.45) is 0 Å². The Morgan fingerprint density at radius 1 is 1.18 bits per heavy atom. The molecule has 5 rings (SSSR count). The highest BCUT2D eigenvalue weighted by Crippen LogP contribution is 2.35. The van der Waals surface area contributed by atoms with E-state index in [4.69, 9.17) is 27.1 Å². The normalized spacial score (nSPS) is 15.3. The maximum atomic E-state index is 14.9. The van der Waals surface area contributed by atoms with Crippen molar-refractivity contribution in [3.63, 3.8) is 0 Å². The number of nitrogen functional groups attached to an aromatic ring is 1. The molecular formula is C23H21ClFN7O. The summed E-state index contributed by atoms with van der Waals surface area (Å²) in [5.41, 5.74) is 9.76. The van der Waals surface area contributed by atoms with E-state index in [9.17, 15) is 4.39 Å². The molecule has 2 aromatic carbocycles. The van der Waals surface area contributed by atoms with Gasteiger partial charge in [-0.2, -0.15) is 10.1 Å². The predicted octanol–water partition coefficient (Wildman–Crippen LogP) is 4.17. The van der Waals surface area contributed by atoms with Crippen LogP contribution in [0.5, 0.6) is 0 Å². The third kappa shape index (κ3) is 3.90. The molecule has 33 heavy (non-hydrogen) atoms. The molecule has 0 aliphatic carbocycles. The lowest BCUT2D eigenvalue weighted by molar-refractivity contribution is 0.0979. The number of anilines is 3. The second-order valence-electron chi connectivity index (χ2n) is 7.81. The summed E-state index contributed by atoms with van der Waals surface area (Å²) in [4.78, 5) is 15.0. The van der Waals surface area contributed by atoms with Crippen molar-refractivity contribution < 1.29 is 9.13 Å². The zero-order chi connectivity index (χ0) is 23.1. The van der Waals surface area contributed by atoms with Gasteiger partial charge in [-0.1, -0.05) is 23.7 Å². The van der Waals surface area contributed by atoms with Crippen molar-refractivity contribution in [3.05, 3.63) is 82.3 Å². The summed E-state index contributed by atoms with van der Waals surface area (Å²) in [6.07, 6.45) is 1.39. The van der Waals surface area contributed by atoms with Gasteiger partial charge >= 0.3 is 0 Å². The monoisotopic (exact) mass is 465 g/mol. The molecule has 2 N–H and O–H groups in total. The number of aromatic nitrogens is 5. The van der Waals surface area contributed by atoms with E-state index >= 15 is 0 Å². The fraction of sp³-hybridized carbons (Fsp3) is 0.217. The van der Waals surface area contributed by atoms with Crippen molar-refractivity contribution in [1.82, 2.24) is 24.7 Å². The first-order chi connectivity index (χ1) is 15.9. The van der Waals surface area contributed by atoms with Crippen LogP contribution in [0.1, 0.15) is 28.6 Å². The number of rotatable bonds is 4. The van der Waals surface area contributed by atoms with Crippen LogP contribution in [0.4, 0.5) is 21.8 Å². The number of hydrogen-bond donors (Lipinski definition) is 1. The van der Waals surface area contributed by atoms with Gasteiger partial charge in [0.25, 0.3) is 0 Å². The Bertz CT molecular complexity index is 1330. The van der Waals surface area contributed by atoms with E-state index in [-0.39, 0.29) is 5.92 Å². The van der Waals surface area contributed by atoms with E-state index in [0.29, 0.717) is 47.2 Å². The molecular weight excluding hydrogens is 445 g/mol. The maximum absolute atomic E-state index is 14.9. The number of halogens is 2. The third-order valence-corrected chi connectivity index (χ3v) is 6.01. The molecule has 0 radical (unpaired) electrons. The summed E-state index contributed by atoms with van der Waals surface area (Å²) < 4.78 is 22.1. The minimum Gasteiger partial charge on any atom is -0.383 e. The van der Waals surface area contributed by atoms with Crippen molar-refractivity contribution in [2.45, 2.75) is 19.4 Å². The number of aryl methyl sites for hydroxylation is 1. The van der Waals surface area contributed by atoms with E-state index < -0.39 is 5.82 Å². The zero-order valence-corrected chi connectivity index (χ0v) is 18.8. The van der Waals surface area contributed by atoms with Gasteiger partial charge in [-0.25, -0.2) is 19.0 Å². The smallest absolute Gasteiger partial charge is 0.231 e. The second kappa shape index (κ2) is 8.42. The standard InChI is InChI=1S/C23H21ClFN7O/c1-13-27-12-28-32(13)20-8-7-16(9-19(20)25)31(2)23-29-21-17(14-3-5-15(24)6-4-14)10-33-11-18(21)22(26)30-23/h3-9,12,17H,10-11H2,1-2H3,(H2,26,29,30). The van der Waals surface area contributed by atoms with E-state index in [1.54, 1.807) is 31.0 Å². The summed E-state index contributed by atoms with van der Waals surface area (Å²) in [7, 11) is 1.77. The summed E-state index contributed by atoms with van der Waals surface area (Å²) in [6, 6.07) is 12.4. The fourth-order valence-electron chi connectivity index (χ4n) is 3.93. The van der Waals surface area contributed by atoms with Crippen molar-refractivity contribution >= 4 is 29.1 Å². The van der Waals surface area contributed by atoms with E-state index in [2.05, 4.69) is 15.1 Å². The Labute approximate surface area is 194 Å². The molecule has 3 heterocycles. The zero-order valence-electron chi connectivity index (χ0n) is 18.0. The van der Waals surface area contributed by atoms with Crippen molar-refractivity contribution in [3.8, 4) is 5.69 Å². The Kier molecular flexibility index (Phi) is 5.43. The molecule has 168 valence electrons. The first kappa shape index (κ1) is 21.3. The molecule has 0 amide bonds. The molecule has 0 fully saturated rings. The Hall–Kier alpha value is -3.56. The van der Waals surface area contributed by atoms with Crippen LogP contribution in [0, 0.1) is 12.7 Å². The lowest BCUT2D eigenvalue weighted by atomic mass is 9.91. The van der Waals surface area contributed by atoms with E-state index in [1.807, 2.05) is 24.3 Å². The largest absolute Gasteiger partial charge is 0.383 e. The Morgan fingerprint density at radius 2 is 1.97 bits per heavy atom. The molecule has 1 unspecified atom stereocenters. The van der Waals surface area contributed by atoms with Gasteiger partial charge in [-0.15, -0.1) is 0 Å². The summed E-state index contributed by atoms with van der Waals surface area (Å²) >= 11 is 6.05. The van der Waals surface area contributed by atoms with Gasteiger partial charge in [-0.05, 0) is 42.8 Å². The average Bonchev–Trinajstić information content (AvgIpc) is 3.24. The number of hydrogen-bond acceptors (Lipinski definition) is 7. The summed E-state index contributed by atoms with van der Waals surface area (Å²) in [6.45, 7) is 2.57. The summed E-state index contributed by atoms with van der Waals surface area (Å²) in [5.74, 6) is 0.757. The Balaban J connectivity index is 1.52.